The van der Waals surface area contributed by atoms with Gasteiger partial charge in [-0.15, -0.1) is 0 Å². The number of hydrogen-bond donors (Lipinski definition) is 1. The van der Waals surface area contributed by atoms with E-state index in [2.05, 4.69) is 27.3 Å². The standard InChI is InChI=1S/C25H27BrN2O3/c1-3-30-23-13-19(12-20(15-27)25(29)28-21-9-4-5-10-21)22(26)14-24(23)31-16-18-8-6-7-17(2)11-18/h6-8,11-14,21H,3-5,9-10,16H2,1-2H3,(H,28,29)/b20-12-. The number of hydrogen-bond acceptors (Lipinski definition) is 4. The number of benzene rings is 2. The first-order chi connectivity index (χ1) is 15.0. The molecule has 6 heteroatoms. The Bertz CT molecular complexity index is 1000. The topological polar surface area (TPSA) is 71.3 Å². The first kappa shape index (κ1) is 22.9. The summed E-state index contributed by atoms with van der Waals surface area (Å²) in [4.78, 5) is 12.5. The Labute approximate surface area is 192 Å². The summed E-state index contributed by atoms with van der Waals surface area (Å²) in [7, 11) is 0. The van der Waals surface area contributed by atoms with E-state index in [4.69, 9.17) is 9.47 Å². The van der Waals surface area contributed by atoms with Crippen LogP contribution in [-0.2, 0) is 11.4 Å². The lowest BCUT2D eigenvalue weighted by atomic mass is 10.1. The van der Waals surface area contributed by atoms with E-state index in [0.717, 1.165) is 35.7 Å². The smallest absolute Gasteiger partial charge is 0.262 e. The molecule has 3 rings (SSSR count). The number of amides is 1. The van der Waals surface area contributed by atoms with Gasteiger partial charge >= 0.3 is 0 Å². The van der Waals surface area contributed by atoms with Crippen molar-refractivity contribution in [1.82, 2.24) is 5.32 Å². The Balaban J connectivity index is 1.81. The normalized spacial score (nSPS) is 14.2. The van der Waals surface area contributed by atoms with E-state index < -0.39 is 0 Å². The number of rotatable bonds is 8. The molecule has 2 aromatic rings. The maximum absolute atomic E-state index is 12.5. The van der Waals surface area contributed by atoms with Crippen molar-refractivity contribution in [1.29, 1.82) is 5.26 Å². The Morgan fingerprint density at radius 3 is 2.65 bits per heavy atom. The minimum absolute atomic E-state index is 0.0727. The van der Waals surface area contributed by atoms with Crippen LogP contribution in [0.3, 0.4) is 0 Å². The van der Waals surface area contributed by atoms with Gasteiger partial charge < -0.3 is 14.8 Å². The zero-order chi connectivity index (χ0) is 22.2. The van der Waals surface area contributed by atoms with Crippen LogP contribution in [0.5, 0.6) is 11.5 Å². The fraction of sp³-hybridized carbons (Fsp3) is 0.360. The van der Waals surface area contributed by atoms with Crippen LogP contribution >= 0.6 is 15.9 Å². The van der Waals surface area contributed by atoms with Crippen LogP contribution in [0.1, 0.15) is 49.3 Å². The van der Waals surface area contributed by atoms with Crippen LogP contribution in [0.4, 0.5) is 0 Å². The summed E-state index contributed by atoms with van der Waals surface area (Å²) in [6.07, 6.45) is 5.75. The van der Waals surface area contributed by atoms with Gasteiger partial charge in [0.05, 0.1) is 6.61 Å². The summed E-state index contributed by atoms with van der Waals surface area (Å²) in [6.45, 7) is 4.83. The number of nitrogens with zero attached hydrogens (tertiary/aromatic N) is 1. The van der Waals surface area contributed by atoms with Crippen LogP contribution in [0.25, 0.3) is 6.08 Å². The monoisotopic (exact) mass is 482 g/mol. The SMILES string of the molecule is CCOc1cc(/C=C(/C#N)C(=O)NC2CCCC2)c(Br)cc1OCc1cccc(C)c1. The van der Waals surface area contributed by atoms with Gasteiger partial charge in [0.15, 0.2) is 11.5 Å². The molecule has 0 bridgehead atoms. The first-order valence-corrected chi connectivity index (χ1v) is 11.4. The van der Waals surface area contributed by atoms with Gasteiger partial charge in [-0.2, -0.15) is 5.26 Å². The molecule has 1 aliphatic carbocycles. The number of ether oxygens (including phenoxy) is 2. The van der Waals surface area contributed by atoms with Gasteiger partial charge in [0.1, 0.15) is 18.2 Å². The van der Waals surface area contributed by atoms with Gasteiger partial charge in [-0.1, -0.05) is 58.6 Å². The van der Waals surface area contributed by atoms with E-state index in [0.29, 0.717) is 30.3 Å². The summed E-state index contributed by atoms with van der Waals surface area (Å²) in [6, 6.07) is 13.9. The van der Waals surface area contributed by atoms with Crippen molar-refractivity contribution < 1.29 is 14.3 Å². The van der Waals surface area contributed by atoms with Crippen molar-refractivity contribution in [2.75, 3.05) is 6.61 Å². The van der Waals surface area contributed by atoms with Crippen molar-refractivity contribution in [2.24, 2.45) is 0 Å². The third-order valence-corrected chi connectivity index (χ3v) is 5.88. The van der Waals surface area contributed by atoms with Crippen molar-refractivity contribution in [2.45, 2.75) is 52.2 Å². The Hall–Kier alpha value is -2.78. The van der Waals surface area contributed by atoms with E-state index >= 15 is 0 Å². The summed E-state index contributed by atoms with van der Waals surface area (Å²) < 4.78 is 12.5. The van der Waals surface area contributed by atoms with Crippen LogP contribution in [0, 0.1) is 18.3 Å². The highest BCUT2D eigenvalue weighted by atomic mass is 79.9. The summed E-state index contributed by atoms with van der Waals surface area (Å²) in [5.41, 5.74) is 3.00. The molecule has 162 valence electrons. The molecule has 0 spiro atoms. The van der Waals surface area contributed by atoms with E-state index in [1.165, 1.54) is 5.56 Å². The molecular weight excluding hydrogens is 456 g/mol. The van der Waals surface area contributed by atoms with Crippen molar-refractivity contribution in [3.05, 3.63) is 63.1 Å². The summed E-state index contributed by atoms with van der Waals surface area (Å²) in [5, 5.41) is 12.5. The van der Waals surface area contributed by atoms with Crippen LogP contribution in [-0.4, -0.2) is 18.6 Å². The molecule has 0 aromatic heterocycles. The number of nitriles is 1. The summed E-state index contributed by atoms with van der Waals surface area (Å²) in [5.74, 6) is 0.832. The molecule has 0 unspecified atom stereocenters. The molecule has 0 radical (unpaired) electrons. The van der Waals surface area contributed by atoms with Crippen molar-refractivity contribution >= 4 is 27.9 Å². The number of nitrogens with one attached hydrogen (secondary N) is 1. The zero-order valence-electron chi connectivity index (χ0n) is 17.9. The quantitative estimate of drug-likeness (QED) is 0.386. The highest BCUT2D eigenvalue weighted by Gasteiger charge is 2.20. The van der Waals surface area contributed by atoms with Crippen LogP contribution < -0.4 is 14.8 Å². The number of aryl methyl sites for hydroxylation is 1. The second-order valence-corrected chi connectivity index (χ2v) is 8.51. The predicted octanol–water partition coefficient (Wildman–Crippen LogP) is 5.70. The molecule has 5 nitrogen and oxygen atoms in total. The maximum Gasteiger partial charge on any atom is 0.262 e. The highest BCUT2D eigenvalue weighted by molar-refractivity contribution is 9.10. The minimum atomic E-state index is -0.334. The van der Waals surface area contributed by atoms with Crippen LogP contribution in [0.15, 0.2) is 46.4 Å². The van der Waals surface area contributed by atoms with Gasteiger partial charge in [-0.25, -0.2) is 0 Å². The number of halogens is 1. The van der Waals surface area contributed by atoms with Gasteiger partial charge in [0.2, 0.25) is 0 Å². The Morgan fingerprint density at radius 1 is 1.23 bits per heavy atom. The van der Waals surface area contributed by atoms with Crippen LogP contribution in [0.2, 0.25) is 0 Å². The molecule has 1 aliphatic rings. The largest absolute Gasteiger partial charge is 0.490 e. The highest BCUT2D eigenvalue weighted by Crippen LogP contribution is 2.35. The molecule has 1 amide bonds. The molecule has 1 saturated carbocycles. The van der Waals surface area contributed by atoms with E-state index in [1.54, 1.807) is 12.1 Å². The second-order valence-electron chi connectivity index (χ2n) is 7.66. The Kier molecular flexibility index (Phi) is 8.13. The van der Waals surface area contributed by atoms with Gasteiger partial charge in [-0.05, 0) is 56.0 Å². The molecule has 0 atom stereocenters. The predicted molar refractivity (Wildman–Crippen MR) is 125 cm³/mol. The lowest BCUT2D eigenvalue weighted by Crippen LogP contribution is -2.33. The molecule has 2 aromatic carbocycles. The second kappa shape index (κ2) is 11.0. The van der Waals surface area contributed by atoms with Crippen molar-refractivity contribution in [3.8, 4) is 17.6 Å². The average molecular weight is 483 g/mol. The molecule has 0 heterocycles. The average Bonchev–Trinajstić information content (AvgIpc) is 3.25. The van der Waals surface area contributed by atoms with E-state index in [-0.39, 0.29) is 17.5 Å². The molecule has 1 fully saturated rings. The van der Waals surface area contributed by atoms with Gasteiger partial charge in [0, 0.05) is 10.5 Å². The first-order valence-electron chi connectivity index (χ1n) is 10.6. The lowest BCUT2D eigenvalue weighted by molar-refractivity contribution is -0.117. The fourth-order valence-electron chi connectivity index (χ4n) is 3.64. The summed E-state index contributed by atoms with van der Waals surface area (Å²) >= 11 is 3.54. The Morgan fingerprint density at radius 2 is 1.97 bits per heavy atom. The minimum Gasteiger partial charge on any atom is -0.490 e. The maximum atomic E-state index is 12.5. The molecule has 0 saturated heterocycles. The lowest BCUT2D eigenvalue weighted by Gasteiger charge is -2.15. The molecular formula is C25H27BrN2O3. The van der Waals surface area contributed by atoms with Crippen molar-refractivity contribution in [3.63, 3.8) is 0 Å². The molecule has 0 aliphatic heterocycles. The third kappa shape index (κ3) is 6.35. The third-order valence-electron chi connectivity index (χ3n) is 5.20. The number of carbonyl (C=O) groups excluding carboxylic acids is 1. The number of carbonyl (C=O) groups is 1. The van der Waals surface area contributed by atoms with E-state index in [1.807, 2.05) is 44.2 Å². The molecule has 1 N–H and O–H groups in total. The van der Waals surface area contributed by atoms with Gasteiger partial charge in [-0.3, -0.25) is 4.79 Å². The van der Waals surface area contributed by atoms with Gasteiger partial charge in [0.25, 0.3) is 5.91 Å². The van der Waals surface area contributed by atoms with E-state index in [9.17, 15) is 10.1 Å². The fourth-order valence-corrected chi connectivity index (χ4v) is 4.08. The zero-order valence-corrected chi connectivity index (χ0v) is 19.5. The molecule has 31 heavy (non-hydrogen) atoms.